The standard InChI is InChI=1S/C19H16ClNO5/c1-10-13-7-11(3-5-15(13)21-18(10)23)16(22)9-26-19(24)14-8-12(20)4-6-17(14)25-2/h3-8,10H,9H2,1-2H3,(H,21,23)/t10-/m0/s1. The van der Waals surface area contributed by atoms with Crippen molar-refractivity contribution in [3.63, 3.8) is 0 Å². The summed E-state index contributed by atoms with van der Waals surface area (Å²) in [6, 6.07) is 9.46. The molecule has 1 N–H and O–H groups in total. The topological polar surface area (TPSA) is 81.7 Å². The molecule has 0 aromatic heterocycles. The molecule has 1 aliphatic heterocycles. The number of methoxy groups -OCH3 is 1. The second kappa shape index (κ2) is 7.17. The zero-order valence-electron chi connectivity index (χ0n) is 14.2. The van der Waals surface area contributed by atoms with Crippen LogP contribution in [-0.4, -0.2) is 31.4 Å². The molecule has 0 radical (unpaired) electrons. The first-order chi connectivity index (χ1) is 12.4. The number of nitrogens with one attached hydrogen (secondary N) is 1. The number of ketones is 1. The Kier molecular flexibility index (Phi) is 4.95. The average molecular weight is 374 g/mol. The van der Waals surface area contributed by atoms with E-state index in [9.17, 15) is 14.4 Å². The number of benzene rings is 2. The van der Waals surface area contributed by atoms with Crippen LogP contribution >= 0.6 is 11.6 Å². The van der Waals surface area contributed by atoms with Gasteiger partial charge in [-0.3, -0.25) is 9.59 Å². The van der Waals surface area contributed by atoms with Gasteiger partial charge in [-0.25, -0.2) is 4.79 Å². The minimum atomic E-state index is -0.705. The van der Waals surface area contributed by atoms with Gasteiger partial charge in [-0.1, -0.05) is 11.6 Å². The van der Waals surface area contributed by atoms with Crippen molar-refractivity contribution in [1.82, 2.24) is 0 Å². The van der Waals surface area contributed by atoms with Crippen LogP contribution in [0.2, 0.25) is 5.02 Å². The average Bonchev–Trinajstić information content (AvgIpc) is 2.93. The highest BCUT2D eigenvalue weighted by molar-refractivity contribution is 6.31. The molecule has 1 aliphatic rings. The Hall–Kier alpha value is -2.86. The van der Waals surface area contributed by atoms with Gasteiger partial charge in [0.05, 0.1) is 13.0 Å². The Morgan fingerprint density at radius 2 is 1.96 bits per heavy atom. The van der Waals surface area contributed by atoms with Gasteiger partial charge >= 0.3 is 5.97 Å². The fourth-order valence-electron chi connectivity index (χ4n) is 2.72. The number of carbonyl (C=O) groups is 3. The molecule has 0 fully saturated rings. The van der Waals surface area contributed by atoms with E-state index < -0.39 is 12.6 Å². The van der Waals surface area contributed by atoms with Crippen LogP contribution in [0, 0.1) is 0 Å². The van der Waals surface area contributed by atoms with E-state index in [1.54, 1.807) is 37.3 Å². The zero-order valence-corrected chi connectivity index (χ0v) is 14.9. The lowest BCUT2D eigenvalue weighted by Crippen LogP contribution is -2.15. The van der Waals surface area contributed by atoms with E-state index in [1.165, 1.54) is 13.2 Å². The zero-order chi connectivity index (χ0) is 18.8. The highest BCUT2D eigenvalue weighted by Gasteiger charge is 2.27. The normalized spacial score (nSPS) is 15.2. The Labute approximate surface area is 155 Å². The highest BCUT2D eigenvalue weighted by atomic mass is 35.5. The van der Waals surface area contributed by atoms with Crippen LogP contribution < -0.4 is 10.1 Å². The SMILES string of the molecule is COc1ccc(Cl)cc1C(=O)OCC(=O)c1ccc2c(c1)[C@H](C)C(=O)N2. The summed E-state index contributed by atoms with van der Waals surface area (Å²) in [7, 11) is 1.42. The molecule has 0 saturated carbocycles. The molecular weight excluding hydrogens is 358 g/mol. The van der Waals surface area contributed by atoms with Gasteiger partial charge in [-0.15, -0.1) is 0 Å². The van der Waals surface area contributed by atoms with Gasteiger partial charge in [0.1, 0.15) is 11.3 Å². The summed E-state index contributed by atoms with van der Waals surface area (Å²) in [4.78, 5) is 36.3. The molecule has 7 heteroatoms. The summed E-state index contributed by atoms with van der Waals surface area (Å²) in [5, 5.41) is 3.10. The molecule has 0 bridgehead atoms. The fourth-order valence-corrected chi connectivity index (χ4v) is 2.89. The third-order valence-corrected chi connectivity index (χ3v) is 4.44. The van der Waals surface area contributed by atoms with E-state index in [0.717, 1.165) is 5.56 Å². The largest absolute Gasteiger partial charge is 0.496 e. The van der Waals surface area contributed by atoms with Crippen molar-refractivity contribution in [3.8, 4) is 5.75 Å². The van der Waals surface area contributed by atoms with Crippen LogP contribution in [0.15, 0.2) is 36.4 Å². The molecule has 134 valence electrons. The maximum Gasteiger partial charge on any atom is 0.342 e. The van der Waals surface area contributed by atoms with Crippen molar-refractivity contribution >= 4 is 34.9 Å². The number of Topliss-reactive ketones (excluding diaryl/α,β-unsaturated/α-hetero) is 1. The van der Waals surface area contributed by atoms with Crippen molar-refractivity contribution in [2.75, 3.05) is 19.0 Å². The van der Waals surface area contributed by atoms with Gasteiger partial charge in [0.15, 0.2) is 12.4 Å². The molecule has 0 spiro atoms. The molecule has 1 amide bonds. The van der Waals surface area contributed by atoms with Crippen LogP contribution in [0.3, 0.4) is 0 Å². The predicted molar refractivity (Wildman–Crippen MR) is 96.1 cm³/mol. The van der Waals surface area contributed by atoms with Crippen LogP contribution in [0.4, 0.5) is 5.69 Å². The van der Waals surface area contributed by atoms with E-state index in [1.807, 2.05) is 0 Å². The molecule has 2 aromatic rings. The van der Waals surface area contributed by atoms with Gasteiger partial charge in [-0.2, -0.15) is 0 Å². The predicted octanol–water partition coefficient (Wildman–Crippen LogP) is 3.44. The van der Waals surface area contributed by atoms with Crippen LogP contribution in [-0.2, 0) is 9.53 Å². The molecule has 2 aromatic carbocycles. The van der Waals surface area contributed by atoms with E-state index in [2.05, 4.69) is 5.32 Å². The molecule has 1 atom stereocenters. The number of esters is 1. The number of anilines is 1. The summed E-state index contributed by atoms with van der Waals surface area (Å²) in [5.74, 6) is -1.19. The first kappa shape index (κ1) is 17.9. The third kappa shape index (κ3) is 3.41. The summed E-state index contributed by atoms with van der Waals surface area (Å²) in [6.07, 6.45) is 0. The van der Waals surface area contributed by atoms with E-state index in [0.29, 0.717) is 22.0 Å². The van der Waals surface area contributed by atoms with Crippen LogP contribution in [0.1, 0.15) is 39.1 Å². The molecule has 3 rings (SSSR count). The van der Waals surface area contributed by atoms with Crippen molar-refractivity contribution in [1.29, 1.82) is 0 Å². The van der Waals surface area contributed by atoms with Gasteiger partial charge in [0, 0.05) is 16.3 Å². The van der Waals surface area contributed by atoms with Crippen LogP contribution in [0.5, 0.6) is 5.75 Å². The van der Waals surface area contributed by atoms with Gasteiger partial charge in [-0.05, 0) is 48.9 Å². The molecular formula is C19H16ClNO5. The smallest absolute Gasteiger partial charge is 0.342 e. The maximum absolute atomic E-state index is 12.4. The van der Waals surface area contributed by atoms with Crippen molar-refractivity contribution in [3.05, 3.63) is 58.1 Å². The minimum Gasteiger partial charge on any atom is -0.496 e. The lowest BCUT2D eigenvalue weighted by Gasteiger charge is -2.09. The van der Waals surface area contributed by atoms with E-state index in [4.69, 9.17) is 21.1 Å². The van der Waals surface area contributed by atoms with Crippen molar-refractivity contribution in [2.45, 2.75) is 12.8 Å². The number of ether oxygens (including phenoxy) is 2. The Morgan fingerprint density at radius 1 is 1.19 bits per heavy atom. The summed E-state index contributed by atoms with van der Waals surface area (Å²) in [6.45, 7) is 1.34. The number of halogens is 1. The quantitative estimate of drug-likeness (QED) is 0.641. The summed E-state index contributed by atoms with van der Waals surface area (Å²) < 4.78 is 10.2. The molecule has 1 heterocycles. The summed E-state index contributed by atoms with van der Waals surface area (Å²) in [5.41, 5.74) is 1.96. The summed E-state index contributed by atoms with van der Waals surface area (Å²) >= 11 is 5.89. The Balaban J connectivity index is 1.71. The van der Waals surface area contributed by atoms with E-state index in [-0.39, 0.29) is 23.2 Å². The Morgan fingerprint density at radius 3 is 2.69 bits per heavy atom. The maximum atomic E-state index is 12.4. The molecule has 0 saturated heterocycles. The van der Waals surface area contributed by atoms with Crippen LogP contribution in [0.25, 0.3) is 0 Å². The fraction of sp³-hybridized carbons (Fsp3) is 0.211. The van der Waals surface area contributed by atoms with Gasteiger partial charge in [0.2, 0.25) is 5.91 Å². The number of carbonyl (C=O) groups excluding carboxylic acids is 3. The number of rotatable bonds is 5. The molecule has 0 unspecified atom stereocenters. The second-order valence-corrected chi connectivity index (χ2v) is 6.29. The lowest BCUT2D eigenvalue weighted by atomic mass is 9.99. The molecule has 26 heavy (non-hydrogen) atoms. The minimum absolute atomic E-state index is 0.107. The lowest BCUT2D eigenvalue weighted by molar-refractivity contribution is -0.116. The van der Waals surface area contributed by atoms with E-state index >= 15 is 0 Å². The van der Waals surface area contributed by atoms with Crippen molar-refractivity contribution in [2.24, 2.45) is 0 Å². The number of hydrogen-bond acceptors (Lipinski definition) is 5. The van der Waals surface area contributed by atoms with Gasteiger partial charge < -0.3 is 14.8 Å². The number of fused-ring (bicyclic) bond motifs is 1. The first-order valence-electron chi connectivity index (χ1n) is 7.89. The second-order valence-electron chi connectivity index (χ2n) is 5.86. The molecule has 6 nitrogen and oxygen atoms in total. The van der Waals surface area contributed by atoms with Crippen molar-refractivity contribution < 1.29 is 23.9 Å². The molecule has 0 aliphatic carbocycles. The monoisotopic (exact) mass is 373 g/mol. The number of hydrogen-bond donors (Lipinski definition) is 1. The van der Waals surface area contributed by atoms with Gasteiger partial charge in [0.25, 0.3) is 0 Å². The number of amides is 1. The highest BCUT2D eigenvalue weighted by Crippen LogP contribution is 2.32. The third-order valence-electron chi connectivity index (χ3n) is 4.21. The Bertz CT molecular complexity index is 909. The first-order valence-corrected chi connectivity index (χ1v) is 8.27.